The van der Waals surface area contributed by atoms with E-state index in [9.17, 15) is 14.7 Å². The average Bonchev–Trinajstić information content (AvgIpc) is 3.24. The lowest BCUT2D eigenvalue weighted by Gasteiger charge is -2.35. The van der Waals surface area contributed by atoms with E-state index < -0.39 is 12.0 Å². The second-order valence-electron chi connectivity index (χ2n) is 5.56. The highest BCUT2D eigenvalue weighted by Gasteiger charge is 2.49. The summed E-state index contributed by atoms with van der Waals surface area (Å²) in [4.78, 5) is 25.7. The van der Waals surface area contributed by atoms with Gasteiger partial charge < -0.3 is 14.7 Å². The highest BCUT2D eigenvalue weighted by molar-refractivity contribution is 5.88. The number of hydrogen-bond acceptors (Lipinski definition) is 3. The number of rotatable bonds is 4. The van der Waals surface area contributed by atoms with Crippen molar-refractivity contribution >= 4 is 11.9 Å². The molecule has 5 nitrogen and oxygen atoms in total. The first-order chi connectivity index (χ1) is 10.1. The van der Waals surface area contributed by atoms with Crippen molar-refractivity contribution in [3.05, 3.63) is 35.4 Å². The maximum atomic E-state index is 12.6. The largest absolute Gasteiger partial charge is 0.479 e. The van der Waals surface area contributed by atoms with Crippen molar-refractivity contribution in [2.24, 2.45) is 5.92 Å². The number of benzene rings is 1. The van der Waals surface area contributed by atoms with E-state index in [-0.39, 0.29) is 17.9 Å². The second kappa shape index (κ2) is 5.48. The van der Waals surface area contributed by atoms with Crippen LogP contribution in [-0.4, -0.2) is 41.1 Å². The number of hydrogen-bond donors (Lipinski definition) is 1. The van der Waals surface area contributed by atoms with Crippen molar-refractivity contribution in [1.82, 2.24) is 4.90 Å². The molecule has 112 valence electrons. The Hall–Kier alpha value is -1.88. The molecule has 3 rings (SSSR count). The maximum absolute atomic E-state index is 12.6. The normalized spacial score (nSPS) is 27.1. The second-order valence-corrected chi connectivity index (χ2v) is 5.56. The molecule has 1 fully saturated rings. The lowest BCUT2D eigenvalue weighted by Crippen LogP contribution is -2.44. The summed E-state index contributed by atoms with van der Waals surface area (Å²) < 4.78 is 5.45. The van der Waals surface area contributed by atoms with Gasteiger partial charge in [-0.25, -0.2) is 4.79 Å². The van der Waals surface area contributed by atoms with Crippen LogP contribution in [0.2, 0.25) is 0 Å². The van der Waals surface area contributed by atoms with E-state index >= 15 is 0 Å². The van der Waals surface area contributed by atoms with E-state index in [2.05, 4.69) is 0 Å². The highest BCUT2D eigenvalue weighted by atomic mass is 16.5. The molecule has 21 heavy (non-hydrogen) atoms. The van der Waals surface area contributed by atoms with Gasteiger partial charge >= 0.3 is 5.97 Å². The van der Waals surface area contributed by atoms with Crippen LogP contribution in [0.5, 0.6) is 0 Å². The summed E-state index contributed by atoms with van der Waals surface area (Å²) in [5.74, 6) is -1.23. The number of fused-ring (bicyclic) bond motifs is 1. The molecule has 3 unspecified atom stereocenters. The minimum atomic E-state index is -0.968. The van der Waals surface area contributed by atoms with E-state index in [1.54, 1.807) is 6.07 Å². The summed E-state index contributed by atoms with van der Waals surface area (Å²) in [5.41, 5.74) is 1.75. The Kier molecular flexibility index (Phi) is 3.68. The molecule has 1 aliphatic heterocycles. The van der Waals surface area contributed by atoms with E-state index in [1.807, 2.05) is 25.1 Å². The third-order valence-corrected chi connectivity index (χ3v) is 4.23. The van der Waals surface area contributed by atoms with Crippen LogP contribution in [0.3, 0.4) is 0 Å². The molecule has 5 heteroatoms. The Labute approximate surface area is 123 Å². The van der Waals surface area contributed by atoms with Crippen LogP contribution in [-0.2, 0) is 20.7 Å². The molecule has 1 saturated carbocycles. The predicted molar refractivity (Wildman–Crippen MR) is 75.8 cm³/mol. The highest BCUT2D eigenvalue weighted by Crippen LogP contribution is 2.39. The Morgan fingerprint density at radius 2 is 2.14 bits per heavy atom. The molecule has 1 N–H and O–H groups in total. The van der Waals surface area contributed by atoms with Crippen LogP contribution < -0.4 is 0 Å². The number of aliphatic carboxylic acids is 1. The molecule has 2 aliphatic rings. The fourth-order valence-electron chi connectivity index (χ4n) is 3.11. The fraction of sp³-hybridized carbons (Fsp3) is 0.500. The average molecular weight is 289 g/mol. The SMILES string of the molecule is CCOC1CC1C(=O)N1CCc2ccccc2C1C(=O)O. The third-order valence-electron chi connectivity index (χ3n) is 4.23. The van der Waals surface area contributed by atoms with Crippen LogP contribution in [0.25, 0.3) is 0 Å². The topological polar surface area (TPSA) is 66.8 Å². The zero-order valence-corrected chi connectivity index (χ0v) is 12.0. The van der Waals surface area contributed by atoms with Crippen molar-refractivity contribution in [2.75, 3.05) is 13.2 Å². The molecular formula is C16H19NO4. The van der Waals surface area contributed by atoms with Gasteiger partial charge in [0, 0.05) is 13.2 Å². The number of nitrogens with zero attached hydrogens (tertiary/aromatic N) is 1. The molecule has 0 bridgehead atoms. The minimum Gasteiger partial charge on any atom is -0.479 e. The molecule has 0 aromatic heterocycles. The van der Waals surface area contributed by atoms with Crippen molar-refractivity contribution in [1.29, 1.82) is 0 Å². The first-order valence-corrected chi connectivity index (χ1v) is 7.36. The van der Waals surface area contributed by atoms with Gasteiger partial charge in [-0.05, 0) is 30.9 Å². The standard InChI is InChI=1S/C16H19NO4/c1-2-21-13-9-12(13)15(18)17-8-7-10-5-3-4-6-11(10)14(17)16(19)20/h3-6,12-14H,2,7-9H2,1H3,(H,19,20). The predicted octanol–water partition coefficient (Wildman–Crippen LogP) is 1.62. The number of carboxylic acids is 1. The van der Waals surface area contributed by atoms with Gasteiger partial charge in [-0.2, -0.15) is 0 Å². The molecule has 1 aromatic rings. The van der Waals surface area contributed by atoms with Crippen molar-refractivity contribution < 1.29 is 19.4 Å². The molecule has 1 heterocycles. The Morgan fingerprint density at radius 3 is 2.86 bits per heavy atom. The first kappa shape index (κ1) is 14.1. The molecule has 1 aliphatic carbocycles. The summed E-state index contributed by atoms with van der Waals surface area (Å²) in [7, 11) is 0. The van der Waals surface area contributed by atoms with Crippen molar-refractivity contribution in [2.45, 2.75) is 31.9 Å². The van der Waals surface area contributed by atoms with E-state index in [4.69, 9.17) is 4.74 Å². The Balaban J connectivity index is 1.83. The number of carboxylic acid groups (broad SMARTS) is 1. The van der Waals surface area contributed by atoms with Crippen LogP contribution in [0.4, 0.5) is 0 Å². The molecule has 3 atom stereocenters. The Bertz CT molecular complexity index is 571. The van der Waals surface area contributed by atoms with Gasteiger partial charge in [0.15, 0.2) is 6.04 Å². The van der Waals surface area contributed by atoms with Crippen LogP contribution in [0, 0.1) is 5.92 Å². The molecule has 1 amide bonds. The quantitative estimate of drug-likeness (QED) is 0.914. The summed E-state index contributed by atoms with van der Waals surface area (Å²) in [6, 6.07) is 6.60. The first-order valence-electron chi connectivity index (χ1n) is 7.36. The van der Waals surface area contributed by atoms with E-state index in [0.717, 1.165) is 11.1 Å². The van der Waals surface area contributed by atoms with Gasteiger partial charge in [0.2, 0.25) is 5.91 Å². The summed E-state index contributed by atoms with van der Waals surface area (Å²) in [5, 5.41) is 9.55. The lowest BCUT2D eigenvalue weighted by atomic mass is 9.92. The zero-order valence-electron chi connectivity index (χ0n) is 12.0. The van der Waals surface area contributed by atoms with Gasteiger partial charge in [0.1, 0.15) is 0 Å². The molecule has 1 aromatic carbocycles. The summed E-state index contributed by atoms with van der Waals surface area (Å²) in [6.07, 6.45) is 1.38. The van der Waals surface area contributed by atoms with E-state index in [1.165, 1.54) is 4.90 Å². The number of carbonyl (C=O) groups excluding carboxylic acids is 1. The zero-order chi connectivity index (χ0) is 15.0. The van der Waals surface area contributed by atoms with Crippen molar-refractivity contribution in [3.8, 4) is 0 Å². The van der Waals surface area contributed by atoms with Gasteiger partial charge in [0.25, 0.3) is 0 Å². The Morgan fingerprint density at radius 1 is 1.38 bits per heavy atom. The summed E-state index contributed by atoms with van der Waals surface area (Å²) in [6.45, 7) is 2.94. The molecule has 0 radical (unpaired) electrons. The molecule has 0 spiro atoms. The monoisotopic (exact) mass is 289 g/mol. The summed E-state index contributed by atoms with van der Waals surface area (Å²) >= 11 is 0. The van der Waals surface area contributed by atoms with Gasteiger partial charge in [-0.15, -0.1) is 0 Å². The molecular weight excluding hydrogens is 270 g/mol. The lowest BCUT2D eigenvalue weighted by molar-refractivity contribution is -0.152. The van der Waals surface area contributed by atoms with Gasteiger partial charge in [-0.1, -0.05) is 24.3 Å². The van der Waals surface area contributed by atoms with E-state index in [0.29, 0.717) is 26.0 Å². The minimum absolute atomic E-state index is 0.0332. The van der Waals surface area contributed by atoms with Crippen molar-refractivity contribution in [3.63, 3.8) is 0 Å². The van der Waals surface area contributed by atoms with Gasteiger partial charge in [0.05, 0.1) is 12.0 Å². The van der Waals surface area contributed by atoms with Crippen LogP contribution in [0.1, 0.15) is 30.5 Å². The van der Waals surface area contributed by atoms with Gasteiger partial charge in [-0.3, -0.25) is 4.79 Å². The van der Waals surface area contributed by atoms with Crippen LogP contribution in [0.15, 0.2) is 24.3 Å². The third kappa shape index (κ3) is 2.53. The maximum Gasteiger partial charge on any atom is 0.331 e. The number of amides is 1. The fourth-order valence-corrected chi connectivity index (χ4v) is 3.11. The smallest absolute Gasteiger partial charge is 0.331 e. The molecule has 0 saturated heterocycles. The number of carbonyl (C=O) groups is 2. The van der Waals surface area contributed by atoms with Crippen LogP contribution >= 0.6 is 0 Å². The number of ether oxygens (including phenoxy) is 1.